The summed E-state index contributed by atoms with van der Waals surface area (Å²) in [4.78, 5) is 0. The summed E-state index contributed by atoms with van der Waals surface area (Å²) in [6.45, 7) is 5.81. The molecule has 3 aliphatic rings. The van der Waals surface area contributed by atoms with Gasteiger partial charge in [-0.25, -0.2) is 0 Å². The summed E-state index contributed by atoms with van der Waals surface area (Å²) in [5.74, 6) is 4.87. The van der Waals surface area contributed by atoms with Crippen molar-refractivity contribution in [3.63, 3.8) is 0 Å². The van der Waals surface area contributed by atoms with Crippen LogP contribution < -0.4 is 0 Å². The Balaban J connectivity index is 1.29. The molecule has 0 heterocycles. The van der Waals surface area contributed by atoms with Crippen LogP contribution in [0.5, 0.6) is 0 Å². The third-order valence-corrected chi connectivity index (χ3v) is 8.29. The topological polar surface area (TPSA) is 9.23 Å². The van der Waals surface area contributed by atoms with Gasteiger partial charge >= 0.3 is 0 Å². The summed E-state index contributed by atoms with van der Waals surface area (Å²) >= 11 is 0. The quantitative estimate of drug-likeness (QED) is 0.428. The lowest BCUT2D eigenvalue weighted by Gasteiger charge is -2.38. The van der Waals surface area contributed by atoms with Crippen molar-refractivity contribution >= 4 is 0 Å². The van der Waals surface area contributed by atoms with Gasteiger partial charge in [-0.2, -0.15) is 0 Å². The van der Waals surface area contributed by atoms with E-state index < -0.39 is 0 Å². The Bertz CT molecular complexity index is 356. The van der Waals surface area contributed by atoms with Gasteiger partial charge in [-0.05, 0) is 68.1 Å². The molecule has 26 heavy (non-hydrogen) atoms. The first-order valence-corrected chi connectivity index (χ1v) is 12.4. The molecule has 152 valence electrons. The predicted molar refractivity (Wildman–Crippen MR) is 112 cm³/mol. The maximum Gasteiger partial charge on any atom is 0.0575 e. The smallest absolute Gasteiger partial charge is 0.0575 e. The van der Waals surface area contributed by atoms with Gasteiger partial charge in [0.15, 0.2) is 0 Å². The lowest BCUT2D eigenvalue weighted by Crippen LogP contribution is -2.30. The molecule has 1 unspecified atom stereocenters. The fourth-order valence-electron chi connectivity index (χ4n) is 6.29. The largest absolute Gasteiger partial charge is 0.378 e. The number of unbranched alkanes of at least 4 members (excludes halogenated alkanes) is 1. The van der Waals surface area contributed by atoms with Crippen molar-refractivity contribution < 1.29 is 4.74 Å². The van der Waals surface area contributed by atoms with Crippen molar-refractivity contribution in [1.82, 2.24) is 0 Å². The van der Waals surface area contributed by atoms with Crippen molar-refractivity contribution in [2.24, 2.45) is 29.6 Å². The third kappa shape index (κ3) is 6.25. The van der Waals surface area contributed by atoms with Crippen LogP contribution in [0.3, 0.4) is 0 Å². The monoisotopic (exact) mass is 362 g/mol. The molecule has 3 fully saturated rings. The third-order valence-electron chi connectivity index (χ3n) is 8.29. The zero-order valence-corrected chi connectivity index (χ0v) is 17.9. The van der Waals surface area contributed by atoms with E-state index in [1.165, 1.54) is 103 Å². The molecule has 0 N–H and O–H groups in total. The maximum atomic E-state index is 6.39. The van der Waals surface area contributed by atoms with Gasteiger partial charge in [0, 0.05) is 6.61 Å². The van der Waals surface area contributed by atoms with Gasteiger partial charge in [-0.3, -0.25) is 0 Å². The van der Waals surface area contributed by atoms with Crippen LogP contribution in [0.15, 0.2) is 0 Å². The molecule has 0 bridgehead atoms. The highest BCUT2D eigenvalue weighted by atomic mass is 16.5. The van der Waals surface area contributed by atoms with Crippen LogP contribution in [-0.2, 0) is 4.74 Å². The molecule has 0 amide bonds. The molecule has 1 atom stereocenters. The average Bonchev–Trinajstić information content (AvgIpc) is 2.72. The minimum Gasteiger partial charge on any atom is -0.378 e. The van der Waals surface area contributed by atoms with Crippen LogP contribution in [0.25, 0.3) is 0 Å². The Hall–Kier alpha value is -0.0400. The van der Waals surface area contributed by atoms with Crippen LogP contribution in [0.1, 0.15) is 117 Å². The van der Waals surface area contributed by atoms with Crippen molar-refractivity contribution in [2.75, 3.05) is 6.61 Å². The molecule has 0 aromatic carbocycles. The van der Waals surface area contributed by atoms with E-state index in [2.05, 4.69) is 13.8 Å². The highest BCUT2D eigenvalue weighted by molar-refractivity contribution is 4.82. The van der Waals surface area contributed by atoms with Gasteiger partial charge < -0.3 is 4.74 Å². The summed E-state index contributed by atoms with van der Waals surface area (Å²) in [5, 5.41) is 0. The van der Waals surface area contributed by atoms with Gasteiger partial charge in [0.1, 0.15) is 0 Å². The second kappa shape index (κ2) is 11.1. The first kappa shape index (κ1) is 20.7. The summed E-state index contributed by atoms with van der Waals surface area (Å²) in [5.41, 5.74) is 0. The summed E-state index contributed by atoms with van der Waals surface area (Å²) in [6, 6.07) is 0. The van der Waals surface area contributed by atoms with Crippen LogP contribution in [0.2, 0.25) is 0 Å². The Morgan fingerprint density at radius 2 is 1.38 bits per heavy atom. The summed E-state index contributed by atoms with van der Waals surface area (Å²) in [7, 11) is 0. The zero-order valence-electron chi connectivity index (χ0n) is 17.9. The van der Waals surface area contributed by atoms with Crippen molar-refractivity contribution in [3.8, 4) is 0 Å². The maximum absolute atomic E-state index is 6.39. The van der Waals surface area contributed by atoms with E-state index in [1.807, 2.05) is 0 Å². The molecule has 3 saturated carbocycles. The molecule has 1 heteroatoms. The van der Waals surface area contributed by atoms with E-state index in [0.717, 1.165) is 36.2 Å². The molecule has 3 rings (SSSR count). The highest BCUT2D eigenvalue weighted by Gasteiger charge is 2.31. The summed E-state index contributed by atoms with van der Waals surface area (Å²) < 4.78 is 6.39. The van der Waals surface area contributed by atoms with E-state index >= 15 is 0 Å². The van der Waals surface area contributed by atoms with Crippen LogP contribution in [0.4, 0.5) is 0 Å². The molecule has 1 nitrogen and oxygen atoms in total. The standard InChI is InChI=1S/C25H46O/c1-3-4-8-21-11-13-23(14-12-21)24-15-17-25(18-16-24)26-19-20(2)22-9-6-5-7-10-22/h20-25H,3-19H2,1-2H3. The average molecular weight is 363 g/mol. The number of hydrogen-bond donors (Lipinski definition) is 0. The van der Waals surface area contributed by atoms with Crippen LogP contribution in [0, 0.1) is 29.6 Å². The molecule has 0 aromatic heterocycles. The molecule has 0 aliphatic heterocycles. The Labute approximate surface area is 164 Å². The minimum atomic E-state index is 0.582. The molecule has 0 radical (unpaired) electrons. The molecule has 0 aromatic rings. The molecular formula is C25H46O. The first-order chi connectivity index (χ1) is 12.8. The minimum absolute atomic E-state index is 0.582. The van der Waals surface area contributed by atoms with Crippen LogP contribution >= 0.6 is 0 Å². The van der Waals surface area contributed by atoms with Gasteiger partial charge in [-0.15, -0.1) is 0 Å². The van der Waals surface area contributed by atoms with Crippen molar-refractivity contribution in [2.45, 2.75) is 123 Å². The summed E-state index contributed by atoms with van der Waals surface area (Å²) in [6.07, 6.45) is 23.9. The van der Waals surface area contributed by atoms with Crippen molar-refractivity contribution in [3.05, 3.63) is 0 Å². The van der Waals surface area contributed by atoms with E-state index in [4.69, 9.17) is 4.74 Å². The van der Waals surface area contributed by atoms with E-state index in [9.17, 15) is 0 Å². The van der Waals surface area contributed by atoms with Gasteiger partial charge in [0.25, 0.3) is 0 Å². The Morgan fingerprint density at radius 3 is 2.00 bits per heavy atom. The normalized spacial score (nSPS) is 35.3. The molecular weight excluding hydrogens is 316 g/mol. The fraction of sp³-hybridized carbons (Fsp3) is 1.00. The van der Waals surface area contributed by atoms with E-state index in [1.54, 1.807) is 0 Å². The number of ether oxygens (including phenoxy) is 1. The zero-order chi connectivity index (χ0) is 18.2. The fourth-order valence-corrected chi connectivity index (χ4v) is 6.29. The lowest BCUT2D eigenvalue weighted by molar-refractivity contribution is -0.0183. The molecule has 0 saturated heterocycles. The second-order valence-electron chi connectivity index (χ2n) is 10.2. The van der Waals surface area contributed by atoms with E-state index in [-0.39, 0.29) is 0 Å². The highest BCUT2D eigenvalue weighted by Crippen LogP contribution is 2.41. The SMILES string of the molecule is CCCCC1CCC(C2CCC(OCC(C)C3CCCCC3)CC2)CC1. The number of rotatable bonds is 8. The van der Waals surface area contributed by atoms with Gasteiger partial charge in [-0.1, -0.05) is 78.1 Å². The van der Waals surface area contributed by atoms with Crippen LogP contribution in [-0.4, -0.2) is 12.7 Å². The second-order valence-corrected chi connectivity index (χ2v) is 10.2. The van der Waals surface area contributed by atoms with E-state index in [0.29, 0.717) is 6.10 Å². The lowest BCUT2D eigenvalue weighted by atomic mass is 9.70. The molecule has 3 aliphatic carbocycles. The Kier molecular flexibility index (Phi) is 8.82. The first-order valence-electron chi connectivity index (χ1n) is 12.4. The van der Waals surface area contributed by atoms with Gasteiger partial charge in [0.2, 0.25) is 0 Å². The Morgan fingerprint density at radius 1 is 0.769 bits per heavy atom. The van der Waals surface area contributed by atoms with Gasteiger partial charge in [0.05, 0.1) is 6.10 Å². The predicted octanol–water partition coefficient (Wildman–Crippen LogP) is 7.77. The molecule has 0 spiro atoms. The van der Waals surface area contributed by atoms with Crippen molar-refractivity contribution in [1.29, 1.82) is 0 Å². The number of hydrogen-bond acceptors (Lipinski definition) is 1.